The summed E-state index contributed by atoms with van der Waals surface area (Å²) >= 11 is 0. The molecule has 2 heterocycles. The van der Waals surface area contributed by atoms with Crippen molar-refractivity contribution < 1.29 is 8.42 Å². The minimum Gasteiger partial charge on any atom is -0.382 e. The Morgan fingerprint density at radius 2 is 1.54 bits per heavy atom. The number of rotatable bonds is 3. The molecule has 8 nitrogen and oxygen atoms in total. The van der Waals surface area contributed by atoms with Crippen LogP contribution in [0.25, 0.3) is 0 Å². The van der Waals surface area contributed by atoms with Gasteiger partial charge in [0.15, 0.2) is 5.82 Å². The first-order valence-electron chi connectivity index (χ1n) is 6.84. The predicted molar refractivity (Wildman–Crippen MR) is 90.5 cm³/mol. The van der Waals surface area contributed by atoms with Gasteiger partial charge in [-0.2, -0.15) is 0 Å². The SMILES string of the molecule is Cc1ccc(S(=O)(=O)Nc2cnccn2)cc1.Nc1cnccn1. The highest BCUT2D eigenvalue weighted by molar-refractivity contribution is 7.92. The van der Waals surface area contributed by atoms with Gasteiger partial charge >= 0.3 is 0 Å². The largest absolute Gasteiger partial charge is 0.382 e. The highest BCUT2D eigenvalue weighted by Crippen LogP contribution is 2.13. The number of nitrogens with two attached hydrogens (primary N) is 1. The van der Waals surface area contributed by atoms with Gasteiger partial charge < -0.3 is 5.73 Å². The number of benzene rings is 1. The molecule has 0 atom stereocenters. The Labute approximate surface area is 139 Å². The topological polar surface area (TPSA) is 124 Å². The van der Waals surface area contributed by atoms with E-state index < -0.39 is 10.0 Å². The van der Waals surface area contributed by atoms with Crippen LogP contribution in [0.5, 0.6) is 0 Å². The third kappa shape index (κ3) is 5.29. The molecule has 124 valence electrons. The van der Waals surface area contributed by atoms with Crippen LogP contribution in [0.2, 0.25) is 0 Å². The van der Waals surface area contributed by atoms with Crippen molar-refractivity contribution >= 4 is 21.7 Å². The molecule has 0 radical (unpaired) electrons. The second kappa shape index (κ2) is 7.97. The normalized spacial score (nSPS) is 10.4. The summed E-state index contributed by atoms with van der Waals surface area (Å²) in [7, 11) is -3.58. The van der Waals surface area contributed by atoms with E-state index in [2.05, 4.69) is 24.7 Å². The number of nitrogen functional groups attached to an aromatic ring is 1. The third-order valence-corrected chi connectivity index (χ3v) is 4.09. The van der Waals surface area contributed by atoms with Crippen molar-refractivity contribution in [3.8, 4) is 0 Å². The van der Waals surface area contributed by atoms with Crippen LogP contribution in [-0.2, 0) is 10.0 Å². The molecule has 0 fully saturated rings. The minimum absolute atomic E-state index is 0.202. The second-order valence-corrected chi connectivity index (χ2v) is 6.32. The number of nitrogens with zero attached hydrogens (tertiary/aromatic N) is 4. The van der Waals surface area contributed by atoms with E-state index in [0.717, 1.165) is 5.56 Å². The quantitative estimate of drug-likeness (QED) is 0.740. The average Bonchev–Trinajstić information content (AvgIpc) is 2.57. The molecule has 0 amide bonds. The van der Waals surface area contributed by atoms with Crippen molar-refractivity contribution in [3.05, 3.63) is 67.0 Å². The first-order valence-corrected chi connectivity index (χ1v) is 8.33. The fourth-order valence-electron chi connectivity index (χ4n) is 1.58. The zero-order valence-electron chi connectivity index (χ0n) is 12.9. The zero-order chi connectivity index (χ0) is 17.4. The molecule has 1 aromatic carbocycles. The fraction of sp³-hybridized carbons (Fsp3) is 0.0667. The molecule has 0 spiro atoms. The molecular formula is C15H16N6O2S. The third-order valence-electron chi connectivity index (χ3n) is 2.72. The number of sulfonamides is 1. The predicted octanol–water partition coefficient (Wildman–Crippen LogP) is 1.64. The molecule has 0 aliphatic carbocycles. The van der Waals surface area contributed by atoms with E-state index >= 15 is 0 Å². The van der Waals surface area contributed by atoms with Crippen molar-refractivity contribution in [2.45, 2.75) is 11.8 Å². The summed E-state index contributed by atoms with van der Waals surface area (Å²) in [5.74, 6) is 0.663. The Hall–Kier alpha value is -3.07. The van der Waals surface area contributed by atoms with E-state index in [0.29, 0.717) is 5.82 Å². The van der Waals surface area contributed by atoms with Crippen LogP contribution in [0.3, 0.4) is 0 Å². The van der Waals surface area contributed by atoms with Crippen LogP contribution in [0.15, 0.2) is 66.3 Å². The maximum atomic E-state index is 11.9. The lowest BCUT2D eigenvalue weighted by molar-refractivity contribution is 0.601. The minimum atomic E-state index is -3.58. The summed E-state index contributed by atoms with van der Waals surface area (Å²) in [6, 6.07) is 6.58. The Morgan fingerprint density at radius 1 is 0.917 bits per heavy atom. The molecule has 0 unspecified atom stereocenters. The van der Waals surface area contributed by atoms with Gasteiger partial charge in [-0.25, -0.2) is 18.4 Å². The molecule has 3 N–H and O–H groups in total. The van der Waals surface area contributed by atoms with Crippen LogP contribution in [0.4, 0.5) is 11.6 Å². The summed E-state index contributed by atoms with van der Waals surface area (Å²) < 4.78 is 26.2. The van der Waals surface area contributed by atoms with Crippen molar-refractivity contribution in [1.29, 1.82) is 0 Å². The Bertz CT molecular complexity index is 855. The van der Waals surface area contributed by atoms with E-state index in [1.54, 1.807) is 36.7 Å². The number of aromatic nitrogens is 4. The van der Waals surface area contributed by atoms with Gasteiger partial charge in [0.25, 0.3) is 10.0 Å². The molecule has 9 heteroatoms. The summed E-state index contributed by atoms with van der Waals surface area (Å²) in [6.45, 7) is 1.90. The molecule has 0 saturated carbocycles. The van der Waals surface area contributed by atoms with Crippen molar-refractivity contribution in [1.82, 2.24) is 19.9 Å². The lowest BCUT2D eigenvalue weighted by Crippen LogP contribution is -2.13. The lowest BCUT2D eigenvalue weighted by Gasteiger charge is -2.06. The van der Waals surface area contributed by atoms with Gasteiger partial charge in [-0.3, -0.25) is 14.7 Å². The van der Waals surface area contributed by atoms with Crippen molar-refractivity contribution in [2.75, 3.05) is 10.5 Å². The Morgan fingerprint density at radius 3 is 2.00 bits per heavy atom. The van der Waals surface area contributed by atoms with Crippen LogP contribution in [0, 0.1) is 6.92 Å². The summed E-state index contributed by atoms with van der Waals surface area (Å²) in [5, 5.41) is 0. The maximum absolute atomic E-state index is 11.9. The highest BCUT2D eigenvalue weighted by atomic mass is 32.2. The Kier molecular flexibility index (Phi) is 5.74. The molecule has 2 aromatic heterocycles. The van der Waals surface area contributed by atoms with Gasteiger partial charge in [0.05, 0.1) is 17.3 Å². The van der Waals surface area contributed by atoms with E-state index in [4.69, 9.17) is 5.73 Å². The molecule has 3 aromatic rings. The molecule has 0 aliphatic rings. The van der Waals surface area contributed by atoms with Crippen LogP contribution >= 0.6 is 0 Å². The van der Waals surface area contributed by atoms with Gasteiger partial charge in [0.2, 0.25) is 0 Å². The van der Waals surface area contributed by atoms with E-state index in [1.807, 2.05) is 6.92 Å². The number of anilines is 2. The monoisotopic (exact) mass is 344 g/mol. The summed E-state index contributed by atoms with van der Waals surface area (Å²) in [6.07, 6.45) is 8.88. The maximum Gasteiger partial charge on any atom is 0.263 e. The molecule has 0 saturated heterocycles. The number of hydrogen-bond donors (Lipinski definition) is 2. The molecule has 0 bridgehead atoms. The van der Waals surface area contributed by atoms with Crippen LogP contribution in [0.1, 0.15) is 5.56 Å². The van der Waals surface area contributed by atoms with Crippen LogP contribution in [-0.4, -0.2) is 28.4 Å². The highest BCUT2D eigenvalue weighted by Gasteiger charge is 2.14. The van der Waals surface area contributed by atoms with E-state index in [-0.39, 0.29) is 10.7 Å². The molecular weight excluding hydrogens is 328 g/mol. The lowest BCUT2D eigenvalue weighted by atomic mass is 10.2. The van der Waals surface area contributed by atoms with Crippen molar-refractivity contribution in [2.24, 2.45) is 0 Å². The van der Waals surface area contributed by atoms with Gasteiger partial charge in [0.1, 0.15) is 5.82 Å². The standard InChI is InChI=1S/C11H11N3O2S.C4H5N3/c1-9-2-4-10(5-3-9)17(15,16)14-11-8-12-6-7-13-11;5-4-3-6-1-2-7-4/h2-8H,1H3,(H,13,14);1-3H,(H2,5,7). The number of nitrogens with one attached hydrogen (secondary N) is 1. The van der Waals surface area contributed by atoms with E-state index in [1.165, 1.54) is 24.8 Å². The second-order valence-electron chi connectivity index (χ2n) is 4.64. The summed E-state index contributed by atoms with van der Waals surface area (Å²) in [4.78, 5) is 15.2. The zero-order valence-corrected chi connectivity index (χ0v) is 13.7. The molecule has 3 rings (SSSR count). The fourth-order valence-corrected chi connectivity index (χ4v) is 2.57. The summed E-state index contributed by atoms with van der Waals surface area (Å²) in [5.41, 5.74) is 6.19. The first-order chi connectivity index (χ1) is 11.5. The molecule has 24 heavy (non-hydrogen) atoms. The average molecular weight is 344 g/mol. The van der Waals surface area contributed by atoms with Crippen molar-refractivity contribution in [3.63, 3.8) is 0 Å². The van der Waals surface area contributed by atoms with Gasteiger partial charge in [-0.15, -0.1) is 0 Å². The number of hydrogen-bond acceptors (Lipinski definition) is 7. The van der Waals surface area contributed by atoms with Crippen LogP contribution < -0.4 is 10.5 Å². The Balaban J connectivity index is 0.000000249. The van der Waals surface area contributed by atoms with E-state index in [9.17, 15) is 8.42 Å². The molecule has 0 aliphatic heterocycles. The smallest absolute Gasteiger partial charge is 0.263 e. The van der Waals surface area contributed by atoms with Gasteiger partial charge in [-0.1, -0.05) is 17.7 Å². The first kappa shape index (κ1) is 17.3. The van der Waals surface area contributed by atoms with Gasteiger partial charge in [0, 0.05) is 24.8 Å². The number of aryl methyl sites for hydroxylation is 1. The van der Waals surface area contributed by atoms with Gasteiger partial charge in [-0.05, 0) is 19.1 Å².